The van der Waals surface area contributed by atoms with Crippen molar-refractivity contribution in [2.45, 2.75) is 25.9 Å². The number of benzene rings is 1. The van der Waals surface area contributed by atoms with Crippen molar-refractivity contribution >= 4 is 0 Å². The fourth-order valence-electron chi connectivity index (χ4n) is 1.86. The van der Waals surface area contributed by atoms with Crippen LogP contribution in [-0.2, 0) is 6.54 Å². The minimum Gasteiger partial charge on any atom is -0.306 e. The zero-order chi connectivity index (χ0) is 13.7. The lowest BCUT2D eigenvalue weighted by molar-refractivity contribution is 0.151. The van der Waals surface area contributed by atoms with Crippen molar-refractivity contribution in [3.63, 3.8) is 0 Å². The first kappa shape index (κ1) is 13.6. The molecule has 0 aliphatic carbocycles. The molecule has 0 radical (unpaired) electrons. The summed E-state index contributed by atoms with van der Waals surface area (Å²) in [6.07, 6.45) is 1.10. The van der Waals surface area contributed by atoms with Gasteiger partial charge in [-0.3, -0.25) is 4.98 Å². The SMILES string of the molecule is C[C@H](NCc1cccc(C(F)F)c1)c1cccnc1. The largest absolute Gasteiger partial charge is 0.306 e. The van der Waals surface area contributed by atoms with E-state index in [0.29, 0.717) is 6.54 Å². The molecule has 1 heterocycles. The number of hydrogen-bond acceptors (Lipinski definition) is 2. The summed E-state index contributed by atoms with van der Waals surface area (Å²) < 4.78 is 25.2. The Morgan fingerprint density at radius 3 is 2.63 bits per heavy atom. The highest BCUT2D eigenvalue weighted by molar-refractivity contribution is 5.24. The van der Waals surface area contributed by atoms with Crippen LogP contribution in [-0.4, -0.2) is 4.98 Å². The standard InChI is InChI=1S/C15H16F2N2/c1-11(14-6-3-7-18-10-14)19-9-12-4-2-5-13(8-12)15(16)17/h2-8,10-11,15,19H,9H2,1H3/t11-/m0/s1. The average Bonchev–Trinajstić information content (AvgIpc) is 2.46. The van der Waals surface area contributed by atoms with Gasteiger partial charge in [0.2, 0.25) is 0 Å². The summed E-state index contributed by atoms with van der Waals surface area (Å²) in [7, 11) is 0. The van der Waals surface area contributed by atoms with Gasteiger partial charge < -0.3 is 5.32 Å². The monoisotopic (exact) mass is 262 g/mol. The molecule has 2 rings (SSSR count). The summed E-state index contributed by atoms with van der Waals surface area (Å²) in [6, 6.07) is 10.5. The van der Waals surface area contributed by atoms with Gasteiger partial charge in [0.15, 0.2) is 0 Å². The predicted molar refractivity (Wildman–Crippen MR) is 70.9 cm³/mol. The lowest BCUT2D eigenvalue weighted by atomic mass is 10.1. The Labute approximate surface area is 111 Å². The smallest absolute Gasteiger partial charge is 0.263 e. The van der Waals surface area contributed by atoms with Crippen molar-refractivity contribution in [1.82, 2.24) is 10.3 Å². The maximum atomic E-state index is 12.6. The molecule has 0 fully saturated rings. The van der Waals surface area contributed by atoms with Crippen molar-refractivity contribution < 1.29 is 8.78 Å². The van der Waals surface area contributed by atoms with E-state index in [1.807, 2.05) is 25.1 Å². The molecule has 0 aliphatic heterocycles. The van der Waals surface area contributed by atoms with Crippen LogP contribution in [0, 0.1) is 0 Å². The van der Waals surface area contributed by atoms with Crippen LogP contribution in [0.4, 0.5) is 8.78 Å². The highest BCUT2D eigenvalue weighted by Crippen LogP contribution is 2.20. The molecule has 0 unspecified atom stereocenters. The molecule has 1 N–H and O–H groups in total. The quantitative estimate of drug-likeness (QED) is 0.884. The van der Waals surface area contributed by atoms with Gasteiger partial charge in [0, 0.05) is 30.5 Å². The molecule has 0 saturated carbocycles. The van der Waals surface area contributed by atoms with Crippen LogP contribution in [0.1, 0.15) is 36.1 Å². The summed E-state index contributed by atoms with van der Waals surface area (Å²) in [5.41, 5.74) is 1.99. The topological polar surface area (TPSA) is 24.9 Å². The van der Waals surface area contributed by atoms with Crippen molar-refractivity contribution in [1.29, 1.82) is 0 Å². The number of alkyl halides is 2. The molecule has 0 saturated heterocycles. The number of nitrogens with one attached hydrogen (secondary N) is 1. The van der Waals surface area contributed by atoms with E-state index < -0.39 is 6.43 Å². The zero-order valence-electron chi connectivity index (χ0n) is 10.7. The Balaban J connectivity index is 1.97. The number of rotatable bonds is 5. The van der Waals surface area contributed by atoms with Crippen molar-refractivity contribution in [3.8, 4) is 0 Å². The van der Waals surface area contributed by atoms with Crippen LogP contribution in [0.3, 0.4) is 0 Å². The van der Waals surface area contributed by atoms with Gasteiger partial charge in [-0.1, -0.05) is 24.3 Å². The van der Waals surface area contributed by atoms with Crippen molar-refractivity contribution in [2.24, 2.45) is 0 Å². The van der Waals surface area contributed by atoms with E-state index in [9.17, 15) is 8.78 Å². The van der Waals surface area contributed by atoms with E-state index >= 15 is 0 Å². The molecular formula is C15H16F2N2. The zero-order valence-corrected chi connectivity index (χ0v) is 10.7. The van der Waals surface area contributed by atoms with E-state index in [0.717, 1.165) is 11.1 Å². The molecule has 100 valence electrons. The number of nitrogens with zero attached hydrogens (tertiary/aromatic N) is 1. The molecule has 4 heteroatoms. The van der Waals surface area contributed by atoms with Crippen LogP contribution >= 0.6 is 0 Å². The molecule has 0 spiro atoms. The summed E-state index contributed by atoms with van der Waals surface area (Å²) in [6.45, 7) is 2.57. The van der Waals surface area contributed by atoms with E-state index in [4.69, 9.17) is 0 Å². The lowest BCUT2D eigenvalue weighted by Crippen LogP contribution is -2.18. The fraction of sp³-hybridized carbons (Fsp3) is 0.267. The van der Waals surface area contributed by atoms with E-state index in [1.54, 1.807) is 18.5 Å². The summed E-state index contributed by atoms with van der Waals surface area (Å²) >= 11 is 0. The van der Waals surface area contributed by atoms with Crippen molar-refractivity contribution in [3.05, 3.63) is 65.5 Å². The number of aromatic nitrogens is 1. The van der Waals surface area contributed by atoms with Crippen LogP contribution < -0.4 is 5.32 Å². The van der Waals surface area contributed by atoms with Gasteiger partial charge >= 0.3 is 0 Å². The summed E-state index contributed by atoms with van der Waals surface area (Å²) in [5.74, 6) is 0. The molecule has 1 atom stereocenters. The van der Waals surface area contributed by atoms with Gasteiger partial charge in [0.1, 0.15) is 0 Å². The number of halogens is 2. The van der Waals surface area contributed by atoms with E-state index in [1.165, 1.54) is 12.1 Å². The predicted octanol–water partition coefficient (Wildman–Crippen LogP) is 3.87. The highest BCUT2D eigenvalue weighted by Gasteiger charge is 2.08. The van der Waals surface area contributed by atoms with Gasteiger partial charge in [0.05, 0.1) is 0 Å². The molecule has 1 aromatic heterocycles. The summed E-state index contributed by atoms with van der Waals surface area (Å²) in [4.78, 5) is 4.06. The van der Waals surface area contributed by atoms with Crippen LogP contribution in [0.5, 0.6) is 0 Å². The average molecular weight is 262 g/mol. The third kappa shape index (κ3) is 3.83. The highest BCUT2D eigenvalue weighted by atomic mass is 19.3. The third-order valence-corrected chi connectivity index (χ3v) is 3.00. The minimum atomic E-state index is -2.42. The molecule has 2 nitrogen and oxygen atoms in total. The Bertz CT molecular complexity index is 515. The van der Waals surface area contributed by atoms with Gasteiger partial charge in [0.25, 0.3) is 6.43 Å². The normalized spacial score (nSPS) is 12.6. The molecule has 1 aromatic carbocycles. The molecule has 2 aromatic rings. The fourth-order valence-corrected chi connectivity index (χ4v) is 1.86. The molecule has 19 heavy (non-hydrogen) atoms. The first-order valence-corrected chi connectivity index (χ1v) is 6.17. The lowest BCUT2D eigenvalue weighted by Gasteiger charge is -2.14. The minimum absolute atomic E-state index is 0.0633. The molecule has 0 amide bonds. The Hall–Kier alpha value is -1.81. The van der Waals surface area contributed by atoms with Gasteiger partial charge in [-0.05, 0) is 30.2 Å². The molecule has 0 aliphatic rings. The second kappa shape index (κ2) is 6.38. The second-order valence-corrected chi connectivity index (χ2v) is 4.43. The maximum Gasteiger partial charge on any atom is 0.263 e. The van der Waals surface area contributed by atoms with Crippen LogP contribution in [0.25, 0.3) is 0 Å². The second-order valence-electron chi connectivity index (χ2n) is 4.43. The molecule has 0 bridgehead atoms. The van der Waals surface area contributed by atoms with Crippen molar-refractivity contribution in [2.75, 3.05) is 0 Å². The van der Waals surface area contributed by atoms with E-state index in [-0.39, 0.29) is 11.6 Å². The van der Waals surface area contributed by atoms with Crippen LogP contribution in [0.2, 0.25) is 0 Å². The first-order valence-electron chi connectivity index (χ1n) is 6.17. The first-order chi connectivity index (χ1) is 9.16. The van der Waals surface area contributed by atoms with E-state index in [2.05, 4.69) is 10.3 Å². The van der Waals surface area contributed by atoms with Crippen LogP contribution in [0.15, 0.2) is 48.8 Å². The molecular weight excluding hydrogens is 246 g/mol. The van der Waals surface area contributed by atoms with Gasteiger partial charge in [-0.2, -0.15) is 0 Å². The van der Waals surface area contributed by atoms with Gasteiger partial charge in [-0.25, -0.2) is 8.78 Å². The summed E-state index contributed by atoms with van der Waals surface area (Å²) in [5, 5.41) is 3.30. The maximum absolute atomic E-state index is 12.6. The Kier molecular flexibility index (Phi) is 4.58. The van der Waals surface area contributed by atoms with Gasteiger partial charge in [-0.15, -0.1) is 0 Å². The Morgan fingerprint density at radius 2 is 1.95 bits per heavy atom. The number of pyridine rings is 1. The number of hydrogen-bond donors (Lipinski definition) is 1. The third-order valence-electron chi connectivity index (χ3n) is 3.00. The Morgan fingerprint density at radius 1 is 1.16 bits per heavy atom.